The number of benzene rings is 2. The van der Waals surface area contributed by atoms with E-state index >= 15 is 0 Å². The number of aryl methyl sites for hydroxylation is 1. The molecule has 5 rings (SSSR count). The van der Waals surface area contributed by atoms with Gasteiger partial charge >= 0.3 is 12.0 Å². The van der Waals surface area contributed by atoms with Crippen molar-refractivity contribution in [3.05, 3.63) is 95.9 Å². The van der Waals surface area contributed by atoms with Gasteiger partial charge in [0.25, 0.3) is 0 Å². The third-order valence-corrected chi connectivity index (χ3v) is 9.46. The lowest BCUT2D eigenvalue weighted by molar-refractivity contribution is -0.497. The topological polar surface area (TPSA) is 188 Å². The van der Waals surface area contributed by atoms with E-state index in [1.807, 2.05) is 55.9 Å². The molecule has 15 heteroatoms. The summed E-state index contributed by atoms with van der Waals surface area (Å²) in [6.07, 6.45) is 7.81. The van der Waals surface area contributed by atoms with Crippen LogP contribution in [0, 0.1) is 5.92 Å². The van der Waals surface area contributed by atoms with Gasteiger partial charge in [-0.15, -0.1) is 0 Å². The molecule has 0 saturated carbocycles. The molecule has 0 bridgehead atoms. The van der Waals surface area contributed by atoms with E-state index in [0.717, 1.165) is 42.1 Å². The quantitative estimate of drug-likeness (QED) is 0.0621. The fraction of sp³-hybridized carbons (Fsp3) is 0.425. The lowest BCUT2D eigenvalue weighted by Gasteiger charge is -2.28. The van der Waals surface area contributed by atoms with Crippen LogP contribution in [-0.4, -0.2) is 85.3 Å². The predicted molar refractivity (Wildman–Crippen MR) is 203 cm³/mol. The van der Waals surface area contributed by atoms with Crippen LogP contribution in [0.25, 0.3) is 10.9 Å². The molecule has 55 heavy (non-hydrogen) atoms. The molecular formula is C40H51N7O8. The molecule has 0 radical (unpaired) electrons. The van der Waals surface area contributed by atoms with E-state index in [9.17, 15) is 19.2 Å². The largest absolute Gasteiger partial charge is 0.425 e. The molecule has 0 spiro atoms. The molecule has 294 valence electrons. The van der Waals surface area contributed by atoms with E-state index in [4.69, 9.17) is 15.2 Å². The van der Waals surface area contributed by atoms with Gasteiger partial charge in [-0.25, -0.2) is 14.4 Å². The van der Waals surface area contributed by atoms with Gasteiger partial charge in [0.1, 0.15) is 23.9 Å². The number of nitrogens with zero attached hydrogens (tertiary/aromatic N) is 4. The molecule has 3 atom stereocenters. The number of hydrogen-bond acceptors (Lipinski definition) is 10. The summed E-state index contributed by atoms with van der Waals surface area (Å²) >= 11 is 0. The Morgan fingerprint density at radius 3 is 2.25 bits per heavy atom. The van der Waals surface area contributed by atoms with E-state index in [1.54, 1.807) is 41.4 Å². The van der Waals surface area contributed by atoms with Gasteiger partial charge in [0, 0.05) is 62.0 Å². The van der Waals surface area contributed by atoms with Crippen LogP contribution in [-0.2, 0) is 45.7 Å². The zero-order valence-corrected chi connectivity index (χ0v) is 31.5. The molecule has 5 N–H and O–H groups in total. The average Bonchev–Trinajstić information content (AvgIpc) is 3.30. The fourth-order valence-corrected chi connectivity index (χ4v) is 6.72. The number of carbonyl (C=O) groups excluding carboxylic acids is 4. The van der Waals surface area contributed by atoms with Crippen molar-refractivity contribution in [3.8, 4) is 5.75 Å². The molecule has 2 aromatic heterocycles. The van der Waals surface area contributed by atoms with Crippen molar-refractivity contribution in [2.24, 2.45) is 13.0 Å². The first-order chi connectivity index (χ1) is 26.5. The Morgan fingerprint density at radius 1 is 0.836 bits per heavy atom. The lowest BCUT2D eigenvalue weighted by atomic mass is 10.0. The predicted octanol–water partition coefficient (Wildman–Crippen LogP) is 4.45. The second-order valence-electron chi connectivity index (χ2n) is 14.3. The summed E-state index contributed by atoms with van der Waals surface area (Å²) in [6, 6.07) is 15.6. The minimum atomic E-state index is -1.23. The first-order valence-corrected chi connectivity index (χ1v) is 18.7. The summed E-state index contributed by atoms with van der Waals surface area (Å²) in [5.74, 6) is -1.75. The van der Waals surface area contributed by atoms with E-state index in [1.165, 1.54) is 12.1 Å². The van der Waals surface area contributed by atoms with Crippen molar-refractivity contribution < 1.29 is 39.2 Å². The first-order valence-electron chi connectivity index (χ1n) is 18.7. The summed E-state index contributed by atoms with van der Waals surface area (Å²) in [6.45, 7) is 4.93. The van der Waals surface area contributed by atoms with E-state index < -0.39 is 41.3 Å². The Balaban J connectivity index is 1.41. The van der Waals surface area contributed by atoms with Gasteiger partial charge < -0.3 is 30.2 Å². The Kier molecular flexibility index (Phi) is 14.7. The van der Waals surface area contributed by atoms with Gasteiger partial charge in [0.05, 0.1) is 12.0 Å². The van der Waals surface area contributed by atoms with Gasteiger partial charge in [-0.3, -0.25) is 25.0 Å². The third kappa shape index (κ3) is 12.1. The maximum absolute atomic E-state index is 14.4. The van der Waals surface area contributed by atoms with Crippen molar-refractivity contribution in [2.75, 3.05) is 13.1 Å². The van der Waals surface area contributed by atoms with Gasteiger partial charge in [0.15, 0.2) is 0 Å². The molecule has 15 nitrogen and oxygen atoms in total. The normalized spacial score (nSPS) is 14.9. The maximum Gasteiger partial charge on any atom is 0.334 e. The highest BCUT2D eigenvalue weighted by Crippen LogP contribution is 2.22. The van der Waals surface area contributed by atoms with Crippen LogP contribution in [0.5, 0.6) is 5.75 Å². The highest BCUT2D eigenvalue weighted by molar-refractivity contribution is 5.94. The van der Waals surface area contributed by atoms with E-state index in [2.05, 4.69) is 25.8 Å². The number of pyridine rings is 1. The molecule has 1 saturated heterocycles. The average molecular weight is 758 g/mol. The van der Waals surface area contributed by atoms with Crippen molar-refractivity contribution in [2.45, 2.75) is 83.5 Å². The van der Waals surface area contributed by atoms with Gasteiger partial charge in [-0.2, -0.15) is 0 Å². The zero-order chi connectivity index (χ0) is 39.3. The van der Waals surface area contributed by atoms with Crippen LogP contribution in [0.3, 0.4) is 0 Å². The monoisotopic (exact) mass is 757 g/mol. The van der Waals surface area contributed by atoms with Gasteiger partial charge in [-0.1, -0.05) is 63.1 Å². The molecule has 4 amide bonds. The highest BCUT2D eigenvalue weighted by Gasteiger charge is 2.33. The minimum absolute atomic E-state index is 0.0188. The lowest BCUT2D eigenvalue weighted by Crippen LogP contribution is -2.58. The fourth-order valence-electron chi connectivity index (χ4n) is 6.72. The molecule has 4 aromatic rings. The summed E-state index contributed by atoms with van der Waals surface area (Å²) in [4.78, 5) is 66.5. The Labute approximate surface area is 320 Å². The first kappa shape index (κ1) is 40.8. The molecule has 1 aliphatic heterocycles. The van der Waals surface area contributed by atoms with Gasteiger partial charge in [0.2, 0.25) is 11.8 Å². The number of para-hydroxylation sites is 1. The molecule has 2 unspecified atom stereocenters. The SMILES string of the molecule is CC(C)CC(NC(=O)N1CCCCCC1)C(=O)NC(Cc1cn(C)c2ccccc12)C(=O)N[C@H](Cc1ccccn1)C(=O)Oc1cccc(CON(O)O)c1. The maximum atomic E-state index is 14.4. The molecule has 3 heterocycles. The third-order valence-electron chi connectivity index (χ3n) is 9.46. The van der Waals surface area contributed by atoms with Crippen molar-refractivity contribution in [1.82, 2.24) is 35.8 Å². The molecule has 1 fully saturated rings. The number of rotatable bonds is 16. The van der Waals surface area contributed by atoms with Crippen molar-refractivity contribution >= 4 is 34.7 Å². The molecule has 0 aliphatic carbocycles. The number of urea groups is 1. The number of aromatic nitrogens is 2. The van der Waals surface area contributed by atoms with Crippen LogP contribution in [0.15, 0.2) is 79.1 Å². The van der Waals surface area contributed by atoms with E-state index in [-0.39, 0.29) is 37.1 Å². The van der Waals surface area contributed by atoms with Crippen molar-refractivity contribution in [1.29, 1.82) is 0 Å². The van der Waals surface area contributed by atoms with Crippen LogP contribution >= 0.6 is 0 Å². The number of hydrogen-bond donors (Lipinski definition) is 5. The highest BCUT2D eigenvalue weighted by atomic mass is 17.1. The summed E-state index contributed by atoms with van der Waals surface area (Å²) in [5, 5.41) is 27.1. The standard InChI is InChI=1S/C40H51N7O8/c1-27(2)21-33(44-40(51)46-19-10-4-5-11-20-46)37(48)42-34(23-29-25-45(3)36-17-7-6-16-32(29)36)38(49)43-35(24-30-14-8-9-18-41-30)39(50)55-31-15-12-13-28(22-31)26-54-47(52)53/h6-9,12-18,22,25,27,33-35,52-53H,4-5,10-11,19-21,23-24,26H2,1-3H3,(H,42,48)(H,43,49)(H,44,51)/t33?,34?,35-/m1/s1. The number of esters is 1. The summed E-state index contributed by atoms with van der Waals surface area (Å²) < 4.78 is 7.66. The molecule has 2 aromatic carbocycles. The Morgan fingerprint density at radius 2 is 1.55 bits per heavy atom. The number of likely N-dealkylation sites (tertiary alicyclic amines) is 1. The van der Waals surface area contributed by atoms with E-state index in [0.29, 0.717) is 30.8 Å². The Bertz CT molecular complexity index is 1890. The summed E-state index contributed by atoms with van der Waals surface area (Å²) in [5.41, 5.74) is 2.74. The smallest absolute Gasteiger partial charge is 0.334 e. The second-order valence-corrected chi connectivity index (χ2v) is 14.3. The Hall–Kier alpha value is -5.35. The minimum Gasteiger partial charge on any atom is -0.425 e. The van der Waals surface area contributed by atoms with Gasteiger partial charge in [-0.05, 0) is 66.6 Å². The van der Waals surface area contributed by atoms with Crippen LogP contribution < -0.4 is 20.7 Å². The van der Waals surface area contributed by atoms with Crippen LogP contribution in [0.2, 0.25) is 0 Å². The van der Waals surface area contributed by atoms with Crippen molar-refractivity contribution in [3.63, 3.8) is 0 Å². The number of nitrogens with one attached hydrogen (secondary N) is 3. The molecular weight excluding hydrogens is 706 g/mol. The summed E-state index contributed by atoms with van der Waals surface area (Å²) in [7, 11) is 1.90. The molecule has 1 aliphatic rings. The number of fused-ring (bicyclic) bond motifs is 1. The second kappa shape index (κ2) is 19.8. The number of amides is 4. The number of carbonyl (C=O) groups is 4. The number of ether oxygens (including phenoxy) is 1. The zero-order valence-electron chi connectivity index (χ0n) is 31.5. The van der Waals surface area contributed by atoms with Crippen LogP contribution in [0.1, 0.15) is 62.8 Å². The van der Waals surface area contributed by atoms with Crippen LogP contribution in [0.4, 0.5) is 4.79 Å².